The van der Waals surface area contributed by atoms with Gasteiger partial charge in [-0.1, -0.05) is 13.8 Å². The Morgan fingerprint density at radius 3 is 2.10 bits per heavy atom. The number of hydrogen-bond donors (Lipinski definition) is 1. The number of rotatable bonds is 0. The molecule has 0 atom stereocenters. The number of aliphatic hydroxyl groups excluding tert-OH is 1. The standard InChI is InChI=1S/C5H6O3.C2H6/c1-3-4(6)2-5(7)8-3;1-2/h6H,2H2,1H3;1-2H3. The zero-order chi connectivity index (χ0) is 8.15. The van der Waals surface area contributed by atoms with Crippen molar-refractivity contribution in [3.63, 3.8) is 0 Å². The topological polar surface area (TPSA) is 46.5 Å². The zero-order valence-electron chi connectivity index (χ0n) is 6.47. The predicted octanol–water partition coefficient (Wildman–Crippen LogP) is 1.75. The summed E-state index contributed by atoms with van der Waals surface area (Å²) in [6, 6.07) is 0. The lowest BCUT2D eigenvalue weighted by molar-refractivity contribution is -0.136. The van der Waals surface area contributed by atoms with Crippen molar-refractivity contribution in [1.82, 2.24) is 0 Å². The third-order valence-corrected chi connectivity index (χ3v) is 0.985. The Labute approximate surface area is 60.3 Å². The Kier molecular flexibility index (Phi) is 3.54. The van der Waals surface area contributed by atoms with E-state index >= 15 is 0 Å². The monoisotopic (exact) mass is 144 g/mol. The minimum absolute atomic E-state index is 0.0336. The second-order valence-corrected chi connectivity index (χ2v) is 1.65. The summed E-state index contributed by atoms with van der Waals surface area (Å²) in [5, 5.41) is 8.70. The number of hydrogen-bond acceptors (Lipinski definition) is 3. The van der Waals surface area contributed by atoms with Crippen molar-refractivity contribution in [2.45, 2.75) is 27.2 Å². The van der Waals surface area contributed by atoms with Crippen LogP contribution in [0.1, 0.15) is 27.2 Å². The van der Waals surface area contributed by atoms with Crippen molar-refractivity contribution in [2.75, 3.05) is 0 Å². The number of aliphatic hydroxyl groups is 1. The molecule has 58 valence electrons. The highest BCUT2D eigenvalue weighted by atomic mass is 16.5. The van der Waals surface area contributed by atoms with Crippen molar-refractivity contribution in [3.05, 3.63) is 11.5 Å². The lowest BCUT2D eigenvalue weighted by atomic mass is 10.4. The van der Waals surface area contributed by atoms with Crippen LogP contribution in [-0.2, 0) is 9.53 Å². The molecule has 0 saturated heterocycles. The van der Waals surface area contributed by atoms with Gasteiger partial charge in [-0.25, -0.2) is 0 Å². The second-order valence-electron chi connectivity index (χ2n) is 1.65. The fourth-order valence-electron chi connectivity index (χ4n) is 0.527. The number of esters is 1. The van der Waals surface area contributed by atoms with E-state index in [4.69, 9.17) is 5.11 Å². The normalized spacial score (nSPS) is 16.1. The summed E-state index contributed by atoms with van der Waals surface area (Å²) >= 11 is 0. The molecule has 0 aromatic rings. The second kappa shape index (κ2) is 3.93. The first-order chi connectivity index (χ1) is 4.70. The van der Waals surface area contributed by atoms with Gasteiger partial charge >= 0.3 is 5.97 Å². The SMILES string of the molecule is CC.CC1=C(O)CC(=O)O1. The molecule has 3 heteroatoms. The number of carbonyl (C=O) groups excluding carboxylic acids is 1. The van der Waals surface area contributed by atoms with Gasteiger partial charge in [0.25, 0.3) is 0 Å². The summed E-state index contributed by atoms with van der Waals surface area (Å²) in [6.07, 6.45) is 0.0336. The maximum atomic E-state index is 10.2. The van der Waals surface area contributed by atoms with Crippen molar-refractivity contribution in [2.24, 2.45) is 0 Å². The molecule has 0 fully saturated rings. The number of cyclic esters (lactones) is 1. The number of ether oxygens (including phenoxy) is 1. The van der Waals surface area contributed by atoms with Crippen LogP contribution in [0, 0.1) is 0 Å². The van der Waals surface area contributed by atoms with E-state index in [2.05, 4.69) is 4.74 Å². The summed E-state index contributed by atoms with van der Waals surface area (Å²) in [5.74, 6) is 0.00463. The lowest BCUT2D eigenvalue weighted by Gasteiger charge is -1.87. The molecule has 0 radical (unpaired) electrons. The van der Waals surface area contributed by atoms with E-state index in [1.807, 2.05) is 13.8 Å². The van der Waals surface area contributed by atoms with Gasteiger partial charge < -0.3 is 9.84 Å². The molecule has 1 aliphatic heterocycles. The third kappa shape index (κ3) is 2.09. The molecule has 10 heavy (non-hydrogen) atoms. The van der Waals surface area contributed by atoms with Gasteiger partial charge in [-0.15, -0.1) is 0 Å². The molecule has 0 unspecified atom stereocenters. The van der Waals surface area contributed by atoms with Gasteiger partial charge in [0.2, 0.25) is 0 Å². The average Bonchev–Trinajstić information content (AvgIpc) is 2.16. The van der Waals surface area contributed by atoms with Crippen molar-refractivity contribution < 1.29 is 14.6 Å². The zero-order valence-corrected chi connectivity index (χ0v) is 6.47. The maximum absolute atomic E-state index is 10.2. The van der Waals surface area contributed by atoms with Crippen LogP contribution in [0.25, 0.3) is 0 Å². The summed E-state index contributed by atoms with van der Waals surface area (Å²) in [7, 11) is 0. The van der Waals surface area contributed by atoms with Crippen LogP contribution in [0.4, 0.5) is 0 Å². The Balaban J connectivity index is 0.000000371. The molecule has 0 aromatic heterocycles. The summed E-state index contributed by atoms with van der Waals surface area (Å²) in [5.41, 5.74) is 0. The predicted molar refractivity (Wildman–Crippen MR) is 37.4 cm³/mol. The molecule has 0 saturated carbocycles. The highest BCUT2D eigenvalue weighted by molar-refractivity contribution is 5.75. The van der Waals surface area contributed by atoms with Crippen LogP contribution in [0.15, 0.2) is 11.5 Å². The lowest BCUT2D eigenvalue weighted by Crippen LogP contribution is -1.91. The van der Waals surface area contributed by atoms with E-state index in [1.165, 1.54) is 0 Å². The van der Waals surface area contributed by atoms with Crippen LogP contribution in [0.3, 0.4) is 0 Å². The van der Waals surface area contributed by atoms with Gasteiger partial charge in [0.05, 0.1) is 0 Å². The van der Waals surface area contributed by atoms with E-state index in [0.29, 0.717) is 5.76 Å². The molecule has 0 aromatic carbocycles. The fourth-order valence-corrected chi connectivity index (χ4v) is 0.527. The van der Waals surface area contributed by atoms with Crippen molar-refractivity contribution in [1.29, 1.82) is 0 Å². The van der Waals surface area contributed by atoms with E-state index in [9.17, 15) is 4.79 Å². The third-order valence-electron chi connectivity index (χ3n) is 0.985. The number of carbonyl (C=O) groups is 1. The van der Waals surface area contributed by atoms with Gasteiger partial charge in [0.15, 0.2) is 0 Å². The van der Waals surface area contributed by atoms with E-state index in [-0.39, 0.29) is 18.1 Å². The first-order valence-corrected chi connectivity index (χ1v) is 3.29. The molecule has 3 nitrogen and oxygen atoms in total. The van der Waals surface area contributed by atoms with Gasteiger partial charge in [-0.05, 0) is 6.92 Å². The molecule has 0 amide bonds. The Morgan fingerprint density at radius 2 is 2.00 bits per heavy atom. The fraction of sp³-hybridized carbons (Fsp3) is 0.571. The van der Waals surface area contributed by atoms with Gasteiger partial charge in [-0.2, -0.15) is 0 Å². The molecule has 0 bridgehead atoms. The summed E-state index contributed by atoms with van der Waals surface area (Å²) in [4.78, 5) is 10.2. The minimum atomic E-state index is -0.375. The minimum Gasteiger partial charge on any atom is -0.508 e. The first-order valence-electron chi connectivity index (χ1n) is 3.29. The first kappa shape index (κ1) is 9.01. The Morgan fingerprint density at radius 1 is 1.50 bits per heavy atom. The highest BCUT2D eigenvalue weighted by Gasteiger charge is 2.18. The summed E-state index contributed by atoms with van der Waals surface area (Å²) < 4.78 is 4.46. The van der Waals surface area contributed by atoms with Gasteiger partial charge in [0.1, 0.15) is 17.9 Å². The smallest absolute Gasteiger partial charge is 0.318 e. The molecule has 1 rings (SSSR count). The summed E-state index contributed by atoms with van der Waals surface area (Å²) in [6.45, 7) is 5.56. The molecule has 1 aliphatic rings. The Hall–Kier alpha value is -0.990. The van der Waals surface area contributed by atoms with Gasteiger partial charge in [-0.3, -0.25) is 4.79 Å². The quantitative estimate of drug-likeness (QED) is 0.527. The largest absolute Gasteiger partial charge is 0.508 e. The Bertz CT molecular complexity index is 142. The molecule has 0 aliphatic carbocycles. The molecular formula is C7H12O3. The van der Waals surface area contributed by atoms with Crippen molar-refractivity contribution in [3.8, 4) is 0 Å². The van der Waals surface area contributed by atoms with Crippen LogP contribution >= 0.6 is 0 Å². The molecule has 0 spiro atoms. The maximum Gasteiger partial charge on any atom is 0.318 e. The van der Waals surface area contributed by atoms with Crippen LogP contribution in [-0.4, -0.2) is 11.1 Å². The van der Waals surface area contributed by atoms with Gasteiger partial charge in [0, 0.05) is 0 Å². The van der Waals surface area contributed by atoms with E-state index in [0.717, 1.165) is 0 Å². The van der Waals surface area contributed by atoms with E-state index in [1.54, 1.807) is 6.92 Å². The molecule has 1 N–H and O–H groups in total. The van der Waals surface area contributed by atoms with Crippen molar-refractivity contribution >= 4 is 5.97 Å². The van der Waals surface area contributed by atoms with E-state index < -0.39 is 0 Å². The molecular weight excluding hydrogens is 132 g/mol. The molecule has 1 heterocycles. The van der Waals surface area contributed by atoms with Crippen LogP contribution in [0.2, 0.25) is 0 Å². The highest BCUT2D eigenvalue weighted by Crippen LogP contribution is 2.15. The van der Waals surface area contributed by atoms with Crippen LogP contribution < -0.4 is 0 Å². The van der Waals surface area contributed by atoms with Crippen LogP contribution in [0.5, 0.6) is 0 Å². The number of allylic oxidation sites excluding steroid dienone is 1. The average molecular weight is 144 g/mol.